The highest BCUT2D eigenvalue weighted by Crippen LogP contribution is 2.44. The van der Waals surface area contributed by atoms with Crippen LogP contribution in [0.1, 0.15) is 33.9 Å². The van der Waals surface area contributed by atoms with Gasteiger partial charge in [0.25, 0.3) is 17.8 Å². The molecule has 15 heteroatoms. The van der Waals surface area contributed by atoms with Gasteiger partial charge >= 0.3 is 11.7 Å². The zero-order valence-electron chi connectivity index (χ0n) is 21.1. The predicted molar refractivity (Wildman–Crippen MR) is 132 cm³/mol. The maximum Gasteiger partial charge on any atom is 0.330 e. The highest BCUT2D eigenvalue weighted by Gasteiger charge is 2.63. The molecule has 0 radical (unpaired) electrons. The Hall–Kier alpha value is -3.00. The van der Waals surface area contributed by atoms with Crippen molar-refractivity contribution in [2.75, 3.05) is 6.61 Å². The third-order valence-corrected chi connectivity index (χ3v) is 5.38. The number of H-pyrrole nitrogens is 1. The number of carbonyl (C=O) groups is 1. The van der Waals surface area contributed by atoms with Crippen LogP contribution in [-0.4, -0.2) is 68.5 Å². The Balaban J connectivity index is 0.00000247. The number of nitrogens with zero attached hydrogens (tertiary/aromatic N) is 1. The van der Waals surface area contributed by atoms with Gasteiger partial charge in [0.1, 0.15) is 39.2 Å². The quantitative estimate of drug-likeness (QED) is 0.182. The number of para-hydroxylation sites is 1. The molecule has 1 fully saturated rings. The lowest BCUT2D eigenvalue weighted by molar-refractivity contribution is -0.243. The number of aliphatic hydroxyl groups excluding tert-OH is 1. The van der Waals surface area contributed by atoms with Crippen LogP contribution in [0.2, 0.25) is 0 Å². The fourth-order valence-corrected chi connectivity index (χ4v) is 3.54. The van der Waals surface area contributed by atoms with Gasteiger partial charge in [0.05, 0.1) is 6.10 Å². The summed E-state index contributed by atoms with van der Waals surface area (Å²) in [5.41, 5.74) is -3.98. The number of nitrogens with one attached hydrogen (secondary N) is 2. The van der Waals surface area contributed by atoms with Crippen LogP contribution < -0.4 is 21.3 Å². The lowest BCUT2D eigenvalue weighted by Gasteiger charge is -2.29. The number of halogens is 1. The van der Waals surface area contributed by atoms with Crippen LogP contribution in [0.3, 0.4) is 0 Å². The first-order chi connectivity index (χ1) is 17.8. The standard InChI is InChI=1S/C23H30FN3O9.HOP/c1-13(2)34-17(29)14(3)25-21(35-15-8-6-5-7-9-15)33-12-23(24)18(30)22(4,32)19(36-23)27-11-10-16(28)26-20(27)31;1-2/h5-11,13-14,18-19,21,25,30,32H,12H2,1-4H3,(H,26,28,31);2H/t14-,18-,19+,21+,22+,23+;/m0./s1. The molecule has 0 unspecified atom stereocenters. The number of esters is 1. The average molecular weight is 559 g/mol. The van der Waals surface area contributed by atoms with Crippen molar-refractivity contribution in [3.05, 3.63) is 63.4 Å². The summed E-state index contributed by atoms with van der Waals surface area (Å²) >= 11 is 0. The number of alkyl halides is 1. The normalized spacial score (nSPS) is 26.2. The maximum atomic E-state index is 15.8. The molecule has 13 nitrogen and oxygen atoms in total. The minimum absolute atomic E-state index is 0.324. The number of aromatic nitrogens is 2. The molecule has 0 spiro atoms. The fourth-order valence-electron chi connectivity index (χ4n) is 3.54. The lowest BCUT2D eigenvalue weighted by Crippen LogP contribution is -2.52. The summed E-state index contributed by atoms with van der Waals surface area (Å²) in [6.45, 7) is 4.95. The highest BCUT2D eigenvalue weighted by atomic mass is 31.0. The van der Waals surface area contributed by atoms with Crippen LogP contribution in [0.4, 0.5) is 4.39 Å². The van der Waals surface area contributed by atoms with Crippen LogP contribution in [0.15, 0.2) is 52.2 Å². The Morgan fingerprint density at radius 3 is 2.45 bits per heavy atom. The molecule has 2 aromatic rings. The molecular weight excluding hydrogens is 528 g/mol. The molecule has 0 bridgehead atoms. The van der Waals surface area contributed by atoms with E-state index in [0.29, 0.717) is 5.75 Å². The monoisotopic (exact) mass is 559 g/mol. The molecule has 210 valence electrons. The topological polar surface area (TPSA) is 178 Å². The van der Waals surface area contributed by atoms with Gasteiger partial charge in [0.15, 0.2) is 6.23 Å². The molecule has 1 aromatic carbocycles. The zero-order valence-corrected chi connectivity index (χ0v) is 22.1. The summed E-state index contributed by atoms with van der Waals surface area (Å²) in [6, 6.07) is 8.38. The van der Waals surface area contributed by atoms with Crippen LogP contribution >= 0.6 is 9.12 Å². The third-order valence-electron chi connectivity index (χ3n) is 5.38. The van der Waals surface area contributed by atoms with Gasteiger partial charge in [-0.3, -0.25) is 23.7 Å². The van der Waals surface area contributed by atoms with Gasteiger partial charge in [0, 0.05) is 12.3 Å². The minimum Gasteiger partial charge on any atom is -0.462 e. The van der Waals surface area contributed by atoms with Crippen molar-refractivity contribution < 1.29 is 42.9 Å². The summed E-state index contributed by atoms with van der Waals surface area (Å²) in [6.07, 6.45) is -4.65. The van der Waals surface area contributed by atoms with Crippen molar-refractivity contribution in [1.29, 1.82) is 0 Å². The Morgan fingerprint density at radius 1 is 1.24 bits per heavy atom. The smallest absolute Gasteiger partial charge is 0.330 e. The molecule has 38 heavy (non-hydrogen) atoms. The third kappa shape index (κ3) is 7.53. The first-order valence-corrected chi connectivity index (χ1v) is 11.8. The van der Waals surface area contributed by atoms with Gasteiger partial charge in [-0.2, -0.15) is 0 Å². The Labute approximate surface area is 219 Å². The minimum atomic E-state index is -3.01. The van der Waals surface area contributed by atoms with E-state index in [9.17, 15) is 24.6 Å². The van der Waals surface area contributed by atoms with Crippen molar-refractivity contribution >= 4 is 15.1 Å². The summed E-state index contributed by atoms with van der Waals surface area (Å²) in [5.74, 6) is -3.29. The Morgan fingerprint density at radius 2 is 1.87 bits per heavy atom. The second-order valence-electron chi connectivity index (χ2n) is 8.85. The number of ether oxygens (including phenoxy) is 4. The maximum absolute atomic E-state index is 15.8. The number of rotatable bonds is 10. The van der Waals surface area contributed by atoms with Gasteiger partial charge in [-0.25, -0.2) is 14.5 Å². The number of hydrogen-bond acceptors (Lipinski definition) is 11. The van der Waals surface area contributed by atoms with Crippen LogP contribution in [0.5, 0.6) is 5.75 Å². The van der Waals surface area contributed by atoms with Gasteiger partial charge in [0.2, 0.25) is 0 Å². The second-order valence-corrected chi connectivity index (χ2v) is 8.85. The van der Waals surface area contributed by atoms with Gasteiger partial charge in [-0.05, 0) is 39.8 Å². The van der Waals surface area contributed by atoms with Crippen molar-refractivity contribution in [2.24, 2.45) is 0 Å². The van der Waals surface area contributed by atoms with E-state index in [1.165, 1.54) is 6.92 Å². The molecule has 6 atom stereocenters. The summed E-state index contributed by atoms with van der Waals surface area (Å²) in [7, 11) is 1.72. The van der Waals surface area contributed by atoms with Gasteiger partial charge in [-0.15, -0.1) is 0 Å². The Kier molecular flexibility index (Phi) is 10.8. The molecule has 1 saturated heterocycles. The number of aliphatic hydroxyl groups is 2. The van der Waals surface area contributed by atoms with Crippen molar-refractivity contribution in [3.8, 4) is 5.75 Å². The predicted octanol–water partition coefficient (Wildman–Crippen LogP) is 0.627. The van der Waals surface area contributed by atoms with E-state index in [1.54, 1.807) is 53.3 Å². The lowest BCUT2D eigenvalue weighted by atomic mass is 9.95. The summed E-state index contributed by atoms with van der Waals surface area (Å²) in [5, 5.41) is 24.1. The highest BCUT2D eigenvalue weighted by molar-refractivity contribution is 7.00. The second kappa shape index (κ2) is 13.2. The fraction of sp³-hybridized carbons (Fsp3) is 0.522. The van der Waals surface area contributed by atoms with Crippen LogP contribution in [0.25, 0.3) is 0 Å². The van der Waals surface area contributed by atoms with E-state index in [-0.39, 0.29) is 6.10 Å². The van der Waals surface area contributed by atoms with E-state index in [2.05, 4.69) is 5.32 Å². The molecule has 1 aliphatic heterocycles. The number of carbonyl (C=O) groups excluding carboxylic acids is 1. The first kappa shape index (κ1) is 31.2. The molecule has 0 aliphatic carbocycles. The van der Waals surface area contributed by atoms with Crippen molar-refractivity contribution in [2.45, 2.75) is 70.0 Å². The SMILES string of the molecule is CC(C)OC(=O)[C@H](C)N[C@H](OC[C@@]1(F)O[C@@H](n2ccc(=O)[nH]c2=O)[C@](C)(O)[C@@H]1O)Oc1ccccc1.O=P. The number of aromatic amines is 1. The van der Waals surface area contributed by atoms with Crippen LogP contribution in [-0.2, 0) is 23.6 Å². The van der Waals surface area contributed by atoms with Crippen LogP contribution in [0, 0.1) is 0 Å². The number of hydrogen-bond donors (Lipinski definition) is 4. The molecule has 2 heterocycles. The molecule has 0 saturated carbocycles. The van der Waals surface area contributed by atoms with E-state index >= 15 is 4.39 Å². The number of benzene rings is 1. The van der Waals surface area contributed by atoms with E-state index in [4.69, 9.17) is 23.5 Å². The molecular formula is C23H31FN3O10P. The molecule has 1 aromatic heterocycles. The molecule has 4 N–H and O–H groups in total. The van der Waals surface area contributed by atoms with Crippen molar-refractivity contribution in [1.82, 2.24) is 14.9 Å². The van der Waals surface area contributed by atoms with Gasteiger partial charge < -0.3 is 29.2 Å². The van der Waals surface area contributed by atoms with E-state index < -0.39 is 60.1 Å². The average Bonchev–Trinajstić information content (AvgIpc) is 3.04. The largest absolute Gasteiger partial charge is 0.462 e. The van der Waals surface area contributed by atoms with Crippen molar-refractivity contribution in [3.63, 3.8) is 0 Å². The summed E-state index contributed by atoms with van der Waals surface area (Å²) in [4.78, 5) is 37.7. The molecule has 3 rings (SSSR count). The Bertz CT molecular complexity index is 1180. The molecule has 0 amide bonds. The summed E-state index contributed by atoms with van der Waals surface area (Å²) < 4.78 is 46.2. The van der Waals surface area contributed by atoms with E-state index in [1.807, 2.05) is 4.98 Å². The van der Waals surface area contributed by atoms with E-state index in [0.717, 1.165) is 23.8 Å². The first-order valence-electron chi connectivity index (χ1n) is 11.4. The zero-order chi connectivity index (χ0) is 28.7. The molecule has 1 aliphatic rings. The van der Waals surface area contributed by atoms with Gasteiger partial charge in [-0.1, -0.05) is 18.2 Å².